The third-order valence-electron chi connectivity index (χ3n) is 1.15. The van der Waals surface area contributed by atoms with Crippen LogP contribution in [0.3, 0.4) is 0 Å². The molecule has 0 heterocycles. The molecular formula is C5H8S. The van der Waals surface area contributed by atoms with E-state index in [1.54, 1.807) is 0 Å². The highest BCUT2D eigenvalue weighted by Gasteiger charge is 2.22. The molecule has 0 nitrogen and oxygen atoms in total. The minimum atomic E-state index is 0.833. The fourth-order valence-corrected chi connectivity index (χ4v) is 0.726. The van der Waals surface area contributed by atoms with Crippen molar-refractivity contribution in [1.29, 1.82) is 0 Å². The van der Waals surface area contributed by atoms with E-state index in [-0.39, 0.29) is 0 Å². The molecular weight excluding hydrogens is 92.1 g/mol. The Hall–Kier alpha value is 0.0900. The van der Waals surface area contributed by atoms with Crippen LogP contribution in [-0.2, 0) is 0 Å². The summed E-state index contributed by atoms with van der Waals surface area (Å²) >= 11 is 4.88. The molecule has 1 heteroatoms. The Bertz CT molecular complexity index is 72.0. The number of hydrogen-bond donors (Lipinski definition) is 0. The SMILES string of the molecule is CC(=S)C1CC1. The topological polar surface area (TPSA) is 0 Å². The lowest BCUT2D eigenvalue weighted by Crippen LogP contribution is -1.84. The molecule has 0 amide bonds. The number of rotatable bonds is 1. The van der Waals surface area contributed by atoms with Crippen molar-refractivity contribution in [3.8, 4) is 0 Å². The van der Waals surface area contributed by atoms with Crippen molar-refractivity contribution in [1.82, 2.24) is 0 Å². The highest BCUT2D eigenvalue weighted by atomic mass is 32.1. The Kier molecular flexibility index (Phi) is 0.922. The van der Waals surface area contributed by atoms with Crippen LogP contribution in [-0.4, -0.2) is 4.86 Å². The van der Waals surface area contributed by atoms with Gasteiger partial charge in [-0.1, -0.05) is 12.2 Å². The van der Waals surface area contributed by atoms with Crippen molar-refractivity contribution in [3.63, 3.8) is 0 Å². The van der Waals surface area contributed by atoms with Gasteiger partial charge in [-0.2, -0.15) is 0 Å². The van der Waals surface area contributed by atoms with Crippen LogP contribution in [0.2, 0.25) is 0 Å². The van der Waals surface area contributed by atoms with Crippen molar-refractivity contribution >= 4 is 17.1 Å². The molecule has 0 N–H and O–H groups in total. The van der Waals surface area contributed by atoms with Crippen LogP contribution in [0.5, 0.6) is 0 Å². The van der Waals surface area contributed by atoms with E-state index in [4.69, 9.17) is 12.2 Å². The lowest BCUT2D eigenvalue weighted by Gasteiger charge is -1.80. The second-order valence-corrected chi connectivity index (χ2v) is 2.53. The standard InChI is InChI=1S/C5H8S/c1-4(6)5-2-3-5/h5H,2-3H2,1H3. The van der Waals surface area contributed by atoms with E-state index >= 15 is 0 Å². The van der Waals surface area contributed by atoms with Gasteiger partial charge in [-0.3, -0.25) is 0 Å². The Morgan fingerprint density at radius 2 is 2.17 bits per heavy atom. The molecule has 0 spiro atoms. The number of thiocarbonyl (C=S) groups is 1. The lowest BCUT2D eigenvalue weighted by molar-refractivity contribution is 1.22. The van der Waals surface area contributed by atoms with E-state index in [1.165, 1.54) is 17.7 Å². The molecule has 1 saturated carbocycles. The highest BCUT2D eigenvalue weighted by Crippen LogP contribution is 2.30. The molecule has 6 heavy (non-hydrogen) atoms. The molecule has 0 aliphatic heterocycles. The molecule has 1 aliphatic rings. The van der Waals surface area contributed by atoms with E-state index in [0.29, 0.717) is 0 Å². The first-order valence-corrected chi connectivity index (χ1v) is 2.72. The van der Waals surface area contributed by atoms with Gasteiger partial charge in [0.05, 0.1) is 0 Å². The van der Waals surface area contributed by atoms with Crippen LogP contribution >= 0.6 is 12.2 Å². The Balaban J connectivity index is 2.31. The monoisotopic (exact) mass is 100 g/mol. The fourth-order valence-electron chi connectivity index (χ4n) is 0.490. The van der Waals surface area contributed by atoms with Crippen LogP contribution in [0.15, 0.2) is 0 Å². The van der Waals surface area contributed by atoms with E-state index < -0.39 is 0 Å². The average Bonchev–Trinajstić information content (AvgIpc) is 2.06. The maximum atomic E-state index is 4.88. The summed E-state index contributed by atoms with van der Waals surface area (Å²) in [4.78, 5) is 1.20. The predicted octanol–water partition coefficient (Wildman–Crippen LogP) is 1.79. The van der Waals surface area contributed by atoms with E-state index in [1.807, 2.05) is 6.92 Å². The summed E-state index contributed by atoms with van der Waals surface area (Å²) in [5.41, 5.74) is 0. The van der Waals surface area contributed by atoms with Crippen LogP contribution in [0.4, 0.5) is 0 Å². The average molecular weight is 100 g/mol. The third kappa shape index (κ3) is 0.777. The van der Waals surface area contributed by atoms with E-state index in [9.17, 15) is 0 Å². The molecule has 0 saturated heterocycles. The summed E-state index contributed by atoms with van der Waals surface area (Å²) in [5, 5.41) is 0. The normalized spacial score (nSPS) is 20.8. The maximum Gasteiger partial charge on any atom is -0.00716 e. The minimum Gasteiger partial charge on any atom is -0.0897 e. The second-order valence-electron chi connectivity index (χ2n) is 1.88. The Morgan fingerprint density at radius 1 is 1.67 bits per heavy atom. The van der Waals surface area contributed by atoms with Crippen molar-refractivity contribution in [2.24, 2.45) is 5.92 Å². The van der Waals surface area contributed by atoms with Crippen molar-refractivity contribution in [2.75, 3.05) is 0 Å². The third-order valence-corrected chi connectivity index (χ3v) is 1.49. The zero-order chi connectivity index (χ0) is 4.57. The van der Waals surface area contributed by atoms with Crippen LogP contribution in [0.25, 0.3) is 0 Å². The fraction of sp³-hybridized carbons (Fsp3) is 0.800. The van der Waals surface area contributed by atoms with Gasteiger partial charge in [-0.25, -0.2) is 0 Å². The molecule has 34 valence electrons. The predicted molar refractivity (Wildman–Crippen MR) is 31.0 cm³/mol. The summed E-state index contributed by atoms with van der Waals surface area (Å²) in [6.45, 7) is 2.03. The largest absolute Gasteiger partial charge is 0.0897 e. The molecule has 0 aromatic heterocycles. The quantitative estimate of drug-likeness (QED) is 0.453. The summed E-state index contributed by atoms with van der Waals surface area (Å²) < 4.78 is 0. The summed E-state index contributed by atoms with van der Waals surface area (Å²) in [6.07, 6.45) is 2.71. The summed E-state index contributed by atoms with van der Waals surface area (Å²) in [7, 11) is 0. The van der Waals surface area contributed by atoms with Gasteiger partial charge in [0.15, 0.2) is 0 Å². The smallest absolute Gasteiger partial charge is 0.00716 e. The molecule has 1 fully saturated rings. The van der Waals surface area contributed by atoms with Gasteiger partial charge in [-0.15, -0.1) is 0 Å². The first-order chi connectivity index (χ1) is 2.80. The van der Waals surface area contributed by atoms with Gasteiger partial charge in [0.2, 0.25) is 0 Å². The molecule has 0 atom stereocenters. The van der Waals surface area contributed by atoms with Crippen molar-refractivity contribution in [3.05, 3.63) is 0 Å². The van der Waals surface area contributed by atoms with Gasteiger partial charge < -0.3 is 0 Å². The van der Waals surface area contributed by atoms with Crippen molar-refractivity contribution in [2.45, 2.75) is 19.8 Å². The molecule has 0 unspecified atom stereocenters. The molecule has 0 aromatic rings. The summed E-state index contributed by atoms with van der Waals surface area (Å²) in [6, 6.07) is 0. The molecule has 0 bridgehead atoms. The maximum absolute atomic E-state index is 4.88. The van der Waals surface area contributed by atoms with Crippen LogP contribution in [0, 0.1) is 5.92 Å². The molecule has 0 radical (unpaired) electrons. The first-order valence-electron chi connectivity index (χ1n) is 2.31. The van der Waals surface area contributed by atoms with Crippen LogP contribution < -0.4 is 0 Å². The second kappa shape index (κ2) is 1.30. The zero-order valence-electron chi connectivity index (χ0n) is 3.90. The Morgan fingerprint density at radius 3 is 2.17 bits per heavy atom. The molecule has 1 aliphatic carbocycles. The lowest BCUT2D eigenvalue weighted by atomic mass is 10.3. The van der Waals surface area contributed by atoms with Crippen molar-refractivity contribution < 1.29 is 0 Å². The summed E-state index contributed by atoms with van der Waals surface area (Å²) in [5.74, 6) is 0.833. The van der Waals surface area contributed by atoms with Gasteiger partial charge in [-0.05, 0) is 30.5 Å². The number of hydrogen-bond acceptors (Lipinski definition) is 1. The Labute approximate surface area is 43.6 Å². The van der Waals surface area contributed by atoms with Gasteiger partial charge in [0, 0.05) is 0 Å². The molecule has 1 rings (SSSR count). The van der Waals surface area contributed by atoms with Gasteiger partial charge in [0.1, 0.15) is 0 Å². The van der Waals surface area contributed by atoms with E-state index in [2.05, 4.69) is 0 Å². The van der Waals surface area contributed by atoms with Crippen LogP contribution in [0.1, 0.15) is 19.8 Å². The zero-order valence-corrected chi connectivity index (χ0v) is 4.72. The molecule has 0 aromatic carbocycles. The van der Waals surface area contributed by atoms with Gasteiger partial charge >= 0.3 is 0 Å². The highest BCUT2D eigenvalue weighted by molar-refractivity contribution is 7.80. The van der Waals surface area contributed by atoms with E-state index in [0.717, 1.165) is 5.92 Å². The first kappa shape index (κ1) is 4.25. The van der Waals surface area contributed by atoms with Gasteiger partial charge in [0.25, 0.3) is 0 Å². The minimum absolute atomic E-state index is 0.833.